The zero-order valence-electron chi connectivity index (χ0n) is 17.4. The molecular weight excluding hydrogens is 366 g/mol. The number of aromatic nitrogens is 1. The number of nitrogens with zero attached hydrogens (tertiary/aromatic N) is 2. The highest BCUT2D eigenvalue weighted by molar-refractivity contribution is 6.02. The third-order valence-corrected chi connectivity index (χ3v) is 4.80. The fraction of sp³-hybridized carbons (Fsp3) is 0.435. The maximum Gasteiger partial charge on any atom is 0.344 e. The van der Waals surface area contributed by atoms with Crippen LogP contribution in [0.15, 0.2) is 48.8 Å². The van der Waals surface area contributed by atoms with Gasteiger partial charge in [-0.1, -0.05) is 30.7 Å². The van der Waals surface area contributed by atoms with Crippen molar-refractivity contribution in [2.24, 2.45) is 0 Å². The number of pyridine rings is 1. The number of piperidine rings is 1. The van der Waals surface area contributed by atoms with E-state index in [-0.39, 0.29) is 5.91 Å². The summed E-state index contributed by atoms with van der Waals surface area (Å²) >= 11 is 0. The second-order valence-corrected chi connectivity index (χ2v) is 8.29. The molecule has 154 valence electrons. The maximum atomic E-state index is 13.2. The van der Waals surface area contributed by atoms with Crippen LogP contribution in [0.5, 0.6) is 0 Å². The summed E-state index contributed by atoms with van der Waals surface area (Å²) < 4.78 is 5.60. The smallest absolute Gasteiger partial charge is 0.344 e. The first-order valence-electron chi connectivity index (χ1n) is 10.1. The van der Waals surface area contributed by atoms with Crippen LogP contribution in [-0.2, 0) is 9.53 Å². The van der Waals surface area contributed by atoms with Gasteiger partial charge >= 0.3 is 5.97 Å². The molecule has 0 spiro atoms. The molecule has 0 saturated carbocycles. The van der Waals surface area contributed by atoms with E-state index in [1.165, 1.54) is 0 Å². The molecule has 0 radical (unpaired) electrons. The number of esters is 1. The van der Waals surface area contributed by atoms with Crippen molar-refractivity contribution in [2.45, 2.75) is 51.8 Å². The summed E-state index contributed by atoms with van der Waals surface area (Å²) in [5, 5.41) is 2.93. The molecule has 0 bridgehead atoms. The van der Waals surface area contributed by atoms with Crippen LogP contribution in [0.2, 0.25) is 0 Å². The Kier molecular flexibility index (Phi) is 6.64. The molecule has 3 rings (SSSR count). The molecule has 1 saturated heterocycles. The van der Waals surface area contributed by atoms with Gasteiger partial charge in [-0.2, -0.15) is 0 Å². The quantitative estimate of drug-likeness (QED) is 0.783. The minimum absolute atomic E-state index is 0.300. The largest absolute Gasteiger partial charge is 0.457 e. The van der Waals surface area contributed by atoms with Crippen molar-refractivity contribution in [1.29, 1.82) is 0 Å². The Hall–Kier alpha value is -2.73. The number of carbonyl (C=O) groups is 2. The molecule has 1 amide bonds. The lowest BCUT2D eigenvalue weighted by atomic mass is 10.0. The predicted molar refractivity (Wildman–Crippen MR) is 112 cm³/mol. The first-order chi connectivity index (χ1) is 13.8. The van der Waals surface area contributed by atoms with E-state index in [9.17, 15) is 9.59 Å². The number of nitrogens with one attached hydrogen (secondary N) is 1. The average Bonchev–Trinajstić information content (AvgIpc) is 2.72. The molecule has 29 heavy (non-hydrogen) atoms. The van der Waals surface area contributed by atoms with Crippen LogP contribution in [-0.4, -0.2) is 46.6 Å². The highest BCUT2D eigenvalue weighted by atomic mass is 16.6. The van der Waals surface area contributed by atoms with E-state index in [2.05, 4.69) is 10.3 Å². The summed E-state index contributed by atoms with van der Waals surface area (Å²) in [5.74, 6) is -0.725. The van der Waals surface area contributed by atoms with Gasteiger partial charge in [0.05, 0.1) is 0 Å². The van der Waals surface area contributed by atoms with Crippen LogP contribution in [0.25, 0.3) is 11.1 Å². The molecule has 1 N–H and O–H groups in total. The van der Waals surface area contributed by atoms with E-state index in [0.29, 0.717) is 5.56 Å². The molecule has 1 aliphatic rings. The van der Waals surface area contributed by atoms with Crippen molar-refractivity contribution in [1.82, 2.24) is 15.2 Å². The van der Waals surface area contributed by atoms with Gasteiger partial charge in [-0.25, -0.2) is 4.79 Å². The van der Waals surface area contributed by atoms with Gasteiger partial charge in [0.15, 0.2) is 6.17 Å². The molecule has 6 heteroatoms. The Balaban J connectivity index is 1.86. The monoisotopic (exact) mass is 395 g/mol. The van der Waals surface area contributed by atoms with Gasteiger partial charge in [-0.3, -0.25) is 14.7 Å². The Morgan fingerprint density at radius 2 is 1.79 bits per heavy atom. The molecule has 6 nitrogen and oxygen atoms in total. The van der Waals surface area contributed by atoms with Crippen LogP contribution in [0.4, 0.5) is 0 Å². The summed E-state index contributed by atoms with van der Waals surface area (Å²) in [5.41, 5.74) is 1.51. The third kappa shape index (κ3) is 5.64. The number of amides is 1. The van der Waals surface area contributed by atoms with E-state index in [1.807, 2.05) is 56.0 Å². The van der Waals surface area contributed by atoms with E-state index >= 15 is 0 Å². The van der Waals surface area contributed by atoms with Crippen LogP contribution < -0.4 is 5.32 Å². The third-order valence-electron chi connectivity index (χ3n) is 4.80. The Labute approximate surface area is 172 Å². The molecule has 1 aliphatic heterocycles. The minimum Gasteiger partial charge on any atom is -0.457 e. The van der Waals surface area contributed by atoms with Gasteiger partial charge in [0.25, 0.3) is 5.91 Å². The number of hydrogen-bond acceptors (Lipinski definition) is 5. The van der Waals surface area contributed by atoms with Gasteiger partial charge in [0, 0.05) is 36.6 Å². The summed E-state index contributed by atoms with van der Waals surface area (Å²) in [7, 11) is 0. The summed E-state index contributed by atoms with van der Waals surface area (Å²) in [4.78, 5) is 32.2. The van der Waals surface area contributed by atoms with E-state index in [0.717, 1.165) is 43.5 Å². The predicted octanol–water partition coefficient (Wildman–Crippen LogP) is 3.63. The Morgan fingerprint density at radius 1 is 1.07 bits per heavy atom. The Bertz CT molecular complexity index is 840. The molecule has 1 unspecified atom stereocenters. The number of rotatable bonds is 5. The van der Waals surface area contributed by atoms with E-state index in [1.54, 1.807) is 18.5 Å². The zero-order chi connectivity index (χ0) is 20.9. The maximum absolute atomic E-state index is 13.2. The first kappa shape index (κ1) is 21.0. The topological polar surface area (TPSA) is 71.5 Å². The van der Waals surface area contributed by atoms with Gasteiger partial charge in [0.1, 0.15) is 5.60 Å². The van der Waals surface area contributed by atoms with Crippen molar-refractivity contribution >= 4 is 11.9 Å². The number of carbonyl (C=O) groups excluding carboxylic acids is 2. The van der Waals surface area contributed by atoms with Gasteiger partial charge < -0.3 is 10.1 Å². The fourth-order valence-electron chi connectivity index (χ4n) is 3.49. The van der Waals surface area contributed by atoms with E-state index in [4.69, 9.17) is 4.74 Å². The standard InChI is InChI=1S/C23H29N3O3/c1-23(2,3)29-22(28)20(26-14-7-4-8-15-26)25-21(27)19-12-6-5-11-18(19)17-10-9-13-24-16-17/h5-6,9-13,16,20H,4,7-8,14-15H2,1-3H3,(H,25,27). The summed E-state index contributed by atoms with van der Waals surface area (Å²) in [6.07, 6.45) is 5.76. The number of ether oxygens (including phenoxy) is 1. The molecule has 0 aliphatic carbocycles. The van der Waals surface area contributed by atoms with Crippen LogP contribution >= 0.6 is 0 Å². The van der Waals surface area contributed by atoms with Crippen molar-refractivity contribution in [3.63, 3.8) is 0 Å². The molecule has 1 aromatic heterocycles. The molecular formula is C23H29N3O3. The lowest BCUT2D eigenvalue weighted by Gasteiger charge is -2.35. The summed E-state index contributed by atoms with van der Waals surface area (Å²) in [6, 6.07) is 11.1. The number of hydrogen-bond donors (Lipinski definition) is 1. The van der Waals surface area contributed by atoms with Gasteiger partial charge in [0.2, 0.25) is 0 Å². The van der Waals surface area contributed by atoms with Gasteiger partial charge in [-0.15, -0.1) is 0 Å². The number of likely N-dealkylation sites (tertiary alicyclic amines) is 1. The van der Waals surface area contributed by atoms with Crippen LogP contribution in [0.1, 0.15) is 50.4 Å². The molecule has 2 aromatic rings. The van der Waals surface area contributed by atoms with Crippen LogP contribution in [0.3, 0.4) is 0 Å². The van der Waals surface area contributed by atoms with E-state index < -0.39 is 17.7 Å². The average molecular weight is 396 g/mol. The lowest BCUT2D eigenvalue weighted by Crippen LogP contribution is -2.56. The molecule has 1 atom stereocenters. The number of benzene rings is 1. The second-order valence-electron chi connectivity index (χ2n) is 8.29. The van der Waals surface area contributed by atoms with Crippen molar-refractivity contribution in [2.75, 3.05) is 13.1 Å². The first-order valence-corrected chi connectivity index (χ1v) is 10.1. The fourth-order valence-corrected chi connectivity index (χ4v) is 3.49. The van der Waals surface area contributed by atoms with Crippen LogP contribution in [0, 0.1) is 0 Å². The molecule has 2 heterocycles. The lowest BCUT2D eigenvalue weighted by molar-refractivity contribution is -0.163. The minimum atomic E-state index is -0.802. The summed E-state index contributed by atoms with van der Waals surface area (Å²) in [6.45, 7) is 7.01. The van der Waals surface area contributed by atoms with Crippen molar-refractivity contribution in [3.8, 4) is 11.1 Å². The molecule has 1 fully saturated rings. The second kappa shape index (κ2) is 9.18. The Morgan fingerprint density at radius 3 is 2.45 bits per heavy atom. The zero-order valence-corrected chi connectivity index (χ0v) is 17.4. The normalized spacial score (nSPS) is 16.1. The molecule has 1 aromatic carbocycles. The van der Waals surface area contributed by atoms with Gasteiger partial charge in [-0.05, 0) is 51.3 Å². The van der Waals surface area contributed by atoms with Crippen molar-refractivity contribution in [3.05, 3.63) is 54.4 Å². The highest BCUT2D eigenvalue weighted by Gasteiger charge is 2.33. The van der Waals surface area contributed by atoms with Crippen molar-refractivity contribution < 1.29 is 14.3 Å². The SMILES string of the molecule is CC(C)(C)OC(=O)C(NC(=O)c1ccccc1-c1cccnc1)N1CCCCC1. The highest BCUT2D eigenvalue weighted by Crippen LogP contribution is 2.23.